The zero-order valence-electron chi connectivity index (χ0n) is 12.1. The molecule has 0 radical (unpaired) electrons. The molecule has 0 atom stereocenters. The fourth-order valence-corrected chi connectivity index (χ4v) is 2.54. The van der Waals surface area contributed by atoms with Crippen molar-refractivity contribution in [3.8, 4) is 0 Å². The molecule has 0 aromatic heterocycles. The minimum Gasteiger partial charge on any atom is -0.299 e. The Bertz CT molecular complexity index is 837. The topological polar surface area (TPSA) is 17.1 Å². The lowest BCUT2D eigenvalue weighted by atomic mass is 9.97. The van der Waals surface area contributed by atoms with Crippen molar-refractivity contribution in [1.29, 1.82) is 0 Å². The van der Waals surface area contributed by atoms with Crippen molar-refractivity contribution in [3.63, 3.8) is 0 Å². The molecule has 0 spiro atoms. The molecule has 0 saturated heterocycles. The smallest absolute Gasteiger partial charge is 0.143 e. The third-order valence-electron chi connectivity index (χ3n) is 3.60. The molecule has 0 saturated carbocycles. The minimum atomic E-state index is 0.840. The third-order valence-corrected chi connectivity index (χ3v) is 3.60. The van der Waals surface area contributed by atoms with Crippen molar-refractivity contribution in [2.24, 2.45) is 0 Å². The molecule has 0 N–H and O–H groups in total. The number of aldehydes is 1. The van der Waals surface area contributed by atoms with Gasteiger partial charge in [0.05, 0.1) is 0 Å². The van der Waals surface area contributed by atoms with Crippen molar-refractivity contribution in [1.82, 2.24) is 0 Å². The zero-order valence-corrected chi connectivity index (χ0v) is 12.1. The van der Waals surface area contributed by atoms with E-state index >= 15 is 0 Å². The second-order valence-corrected chi connectivity index (χ2v) is 5.03. The van der Waals surface area contributed by atoms with E-state index in [1.54, 1.807) is 6.08 Å². The second-order valence-electron chi connectivity index (χ2n) is 5.03. The number of carbonyl (C=O) groups excluding carboxylic acids is 1. The van der Waals surface area contributed by atoms with Crippen LogP contribution < -0.4 is 0 Å². The van der Waals surface area contributed by atoms with Gasteiger partial charge in [-0.2, -0.15) is 0 Å². The van der Waals surface area contributed by atoms with Gasteiger partial charge in [-0.15, -0.1) is 0 Å². The fraction of sp³-hybridized carbons (Fsp3) is 0. The van der Waals surface area contributed by atoms with Crippen molar-refractivity contribution in [3.05, 3.63) is 96.1 Å². The van der Waals surface area contributed by atoms with Gasteiger partial charge in [-0.05, 0) is 33.5 Å². The molecule has 0 fully saturated rings. The van der Waals surface area contributed by atoms with Gasteiger partial charge in [0.25, 0.3) is 0 Å². The molecule has 0 aliphatic rings. The van der Waals surface area contributed by atoms with Gasteiger partial charge in [0, 0.05) is 0 Å². The van der Waals surface area contributed by atoms with Crippen LogP contribution in [0.3, 0.4) is 0 Å². The summed E-state index contributed by atoms with van der Waals surface area (Å²) in [5.41, 5.74) is 3.09. The van der Waals surface area contributed by atoms with Crippen LogP contribution in [0, 0.1) is 0 Å². The summed E-state index contributed by atoms with van der Waals surface area (Å²) in [4.78, 5) is 11.0. The highest BCUT2D eigenvalue weighted by atomic mass is 16.1. The largest absolute Gasteiger partial charge is 0.299 e. The number of hydrogen-bond acceptors (Lipinski definition) is 1. The lowest BCUT2D eigenvalue weighted by molar-refractivity contribution is -0.104. The van der Waals surface area contributed by atoms with Gasteiger partial charge in [-0.1, -0.05) is 84.9 Å². The van der Waals surface area contributed by atoms with Crippen LogP contribution in [0.1, 0.15) is 11.1 Å². The first-order valence-corrected chi connectivity index (χ1v) is 7.25. The molecule has 0 amide bonds. The number of benzene rings is 3. The van der Waals surface area contributed by atoms with Crippen molar-refractivity contribution >= 4 is 28.7 Å². The third kappa shape index (κ3) is 3.04. The molecule has 22 heavy (non-hydrogen) atoms. The molecule has 3 aromatic rings. The summed E-state index contributed by atoms with van der Waals surface area (Å²) in [6.45, 7) is 0. The molecule has 106 valence electrons. The molecule has 1 heteroatoms. The van der Waals surface area contributed by atoms with Gasteiger partial charge in [0.1, 0.15) is 6.29 Å². The summed E-state index contributed by atoms with van der Waals surface area (Å²) in [6, 6.07) is 24.4. The van der Waals surface area contributed by atoms with E-state index < -0.39 is 0 Å². The van der Waals surface area contributed by atoms with Crippen LogP contribution in [0.2, 0.25) is 0 Å². The molecule has 0 bridgehead atoms. The first kappa shape index (κ1) is 14.0. The Morgan fingerprint density at radius 2 is 1.50 bits per heavy atom. The predicted molar refractivity (Wildman–Crippen MR) is 93.5 cm³/mol. The van der Waals surface area contributed by atoms with Crippen LogP contribution in [0.25, 0.3) is 22.4 Å². The molecular formula is C21H16O. The minimum absolute atomic E-state index is 0.840. The molecule has 0 unspecified atom stereocenters. The lowest BCUT2D eigenvalue weighted by Gasteiger charge is -2.07. The SMILES string of the molecule is O=C/C=C(\C=C\c1ccccc1)c1cccc2ccccc12. The quantitative estimate of drug-likeness (QED) is 0.368. The van der Waals surface area contributed by atoms with Crippen molar-refractivity contribution in [2.45, 2.75) is 0 Å². The van der Waals surface area contributed by atoms with E-state index in [0.717, 1.165) is 28.4 Å². The number of carbonyl (C=O) groups is 1. The standard InChI is InChI=1S/C21H16O/c22-16-15-19(14-13-17-7-2-1-3-8-17)21-12-6-10-18-9-4-5-11-20(18)21/h1-16H/b14-13+,19-15+. The Morgan fingerprint density at radius 3 is 2.32 bits per heavy atom. The molecule has 1 nitrogen and oxygen atoms in total. The van der Waals surface area contributed by atoms with E-state index in [1.165, 1.54) is 5.39 Å². The average Bonchev–Trinajstić information content (AvgIpc) is 2.59. The van der Waals surface area contributed by atoms with E-state index in [9.17, 15) is 4.79 Å². The maximum Gasteiger partial charge on any atom is 0.143 e. The maximum atomic E-state index is 11.0. The summed E-state index contributed by atoms with van der Waals surface area (Å²) in [5, 5.41) is 2.32. The van der Waals surface area contributed by atoms with Crippen molar-refractivity contribution in [2.75, 3.05) is 0 Å². The lowest BCUT2D eigenvalue weighted by Crippen LogP contribution is -1.85. The van der Waals surface area contributed by atoms with E-state index in [0.29, 0.717) is 0 Å². The Hall–Kier alpha value is -2.93. The van der Waals surface area contributed by atoms with Gasteiger partial charge >= 0.3 is 0 Å². The zero-order chi connectivity index (χ0) is 15.2. The Balaban J connectivity index is 2.06. The summed E-state index contributed by atoms with van der Waals surface area (Å²) in [6.07, 6.45) is 6.47. The van der Waals surface area contributed by atoms with E-state index in [-0.39, 0.29) is 0 Å². The van der Waals surface area contributed by atoms with E-state index in [4.69, 9.17) is 0 Å². The first-order valence-electron chi connectivity index (χ1n) is 7.25. The molecule has 0 aliphatic heterocycles. The monoisotopic (exact) mass is 284 g/mol. The highest BCUT2D eigenvalue weighted by molar-refractivity contribution is 6.00. The van der Waals surface area contributed by atoms with E-state index in [2.05, 4.69) is 18.2 Å². The normalized spacial score (nSPS) is 11.9. The second kappa shape index (κ2) is 6.68. The van der Waals surface area contributed by atoms with Crippen LogP contribution in [0.15, 0.2) is 84.9 Å². The Kier molecular flexibility index (Phi) is 4.26. The summed E-state index contributed by atoms with van der Waals surface area (Å²) in [5.74, 6) is 0. The van der Waals surface area contributed by atoms with E-state index in [1.807, 2.05) is 66.7 Å². The number of hydrogen-bond donors (Lipinski definition) is 0. The maximum absolute atomic E-state index is 11.0. The Labute approximate surface area is 130 Å². The number of fused-ring (bicyclic) bond motifs is 1. The number of rotatable bonds is 4. The highest BCUT2D eigenvalue weighted by Gasteiger charge is 2.03. The van der Waals surface area contributed by atoms with Crippen LogP contribution in [-0.2, 0) is 4.79 Å². The Morgan fingerprint density at radius 1 is 0.773 bits per heavy atom. The molecule has 0 heterocycles. The van der Waals surface area contributed by atoms with Gasteiger partial charge in [-0.25, -0.2) is 0 Å². The summed E-state index contributed by atoms with van der Waals surface area (Å²) >= 11 is 0. The predicted octanol–water partition coefficient (Wildman–Crippen LogP) is 5.14. The fourth-order valence-electron chi connectivity index (χ4n) is 2.54. The van der Waals surface area contributed by atoms with Gasteiger partial charge in [-0.3, -0.25) is 4.79 Å². The van der Waals surface area contributed by atoms with Crippen molar-refractivity contribution < 1.29 is 4.79 Å². The average molecular weight is 284 g/mol. The van der Waals surface area contributed by atoms with Crippen LogP contribution >= 0.6 is 0 Å². The molecule has 0 aliphatic carbocycles. The van der Waals surface area contributed by atoms with Gasteiger partial charge < -0.3 is 0 Å². The summed E-state index contributed by atoms with van der Waals surface area (Å²) < 4.78 is 0. The van der Waals surface area contributed by atoms with Crippen LogP contribution in [0.5, 0.6) is 0 Å². The van der Waals surface area contributed by atoms with Crippen LogP contribution in [0.4, 0.5) is 0 Å². The van der Waals surface area contributed by atoms with Crippen LogP contribution in [-0.4, -0.2) is 6.29 Å². The van der Waals surface area contributed by atoms with Gasteiger partial charge in [0.2, 0.25) is 0 Å². The summed E-state index contributed by atoms with van der Waals surface area (Å²) in [7, 11) is 0. The first-order chi connectivity index (χ1) is 10.9. The number of allylic oxidation sites excluding steroid dienone is 3. The molecule has 3 rings (SSSR count). The molecule has 3 aromatic carbocycles. The highest BCUT2D eigenvalue weighted by Crippen LogP contribution is 2.26. The molecular weight excluding hydrogens is 268 g/mol. The van der Waals surface area contributed by atoms with Gasteiger partial charge in [0.15, 0.2) is 0 Å².